The Morgan fingerprint density at radius 2 is 2.00 bits per heavy atom. The average molecular weight is 286 g/mol. The molecule has 0 aliphatic heterocycles. The molecule has 1 aromatic heterocycles. The predicted molar refractivity (Wildman–Crippen MR) is 82.1 cm³/mol. The van der Waals surface area contributed by atoms with Crippen molar-refractivity contribution in [3.63, 3.8) is 0 Å². The van der Waals surface area contributed by atoms with Gasteiger partial charge in [-0.3, -0.25) is 4.98 Å². The maximum Gasteiger partial charge on any atom is 0.139 e. The number of pyridine rings is 1. The molecule has 0 radical (unpaired) electrons. The van der Waals surface area contributed by atoms with Crippen molar-refractivity contribution < 1.29 is 4.74 Å². The van der Waals surface area contributed by atoms with Gasteiger partial charge in [-0.1, -0.05) is 30.0 Å². The molecular weight excluding hydrogens is 270 g/mol. The lowest BCUT2D eigenvalue weighted by Gasteiger charge is -2.08. The number of rotatable bonds is 3. The molecule has 0 aliphatic carbocycles. The molecule has 1 heterocycles. The van der Waals surface area contributed by atoms with Crippen LogP contribution < -0.4 is 4.74 Å². The highest BCUT2D eigenvalue weighted by molar-refractivity contribution is 6.19. The summed E-state index contributed by atoms with van der Waals surface area (Å²) in [6.07, 6.45) is 3.38. The third-order valence-corrected chi connectivity index (χ3v) is 3.12. The van der Waals surface area contributed by atoms with E-state index in [1.165, 1.54) is 11.1 Å². The van der Waals surface area contributed by atoms with Gasteiger partial charge in [-0.2, -0.15) is 0 Å². The summed E-state index contributed by atoms with van der Waals surface area (Å²) in [6, 6.07) is 8.19. The van der Waals surface area contributed by atoms with Gasteiger partial charge in [0.25, 0.3) is 0 Å². The third kappa shape index (κ3) is 4.01. The van der Waals surface area contributed by atoms with Crippen molar-refractivity contribution >= 4 is 11.6 Å². The van der Waals surface area contributed by atoms with Gasteiger partial charge in [-0.15, -0.1) is 11.6 Å². The van der Waals surface area contributed by atoms with Crippen molar-refractivity contribution in [1.82, 2.24) is 4.98 Å². The van der Waals surface area contributed by atoms with Gasteiger partial charge in [0.2, 0.25) is 0 Å². The van der Waals surface area contributed by atoms with Crippen LogP contribution in [0.1, 0.15) is 22.3 Å². The van der Waals surface area contributed by atoms with Crippen LogP contribution in [0.2, 0.25) is 0 Å². The molecule has 2 aromatic rings. The molecular formula is C17H16ClNO. The Bertz CT molecular complexity index is 656. The fraction of sp³-hybridized carbons (Fsp3) is 0.235. The van der Waals surface area contributed by atoms with Gasteiger partial charge in [0, 0.05) is 11.8 Å². The molecule has 0 bridgehead atoms. The molecule has 0 saturated heterocycles. The molecule has 2 rings (SSSR count). The van der Waals surface area contributed by atoms with Crippen LogP contribution in [-0.4, -0.2) is 10.9 Å². The van der Waals surface area contributed by atoms with Crippen LogP contribution in [0.15, 0.2) is 36.7 Å². The Morgan fingerprint density at radius 3 is 2.75 bits per heavy atom. The number of aryl methyl sites for hydroxylation is 2. The number of hydrogen-bond acceptors (Lipinski definition) is 2. The quantitative estimate of drug-likeness (QED) is 0.631. The number of nitrogens with zero attached hydrogens (tertiary/aromatic N) is 1. The van der Waals surface area contributed by atoms with E-state index in [0.717, 1.165) is 11.1 Å². The lowest BCUT2D eigenvalue weighted by Crippen LogP contribution is -1.97. The Morgan fingerprint density at radius 1 is 1.15 bits per heavy atom. The molecule has 0 saturated carbocycles. The summed E-state index contributed by atoms with van der Waals surface area (Å²) in [5.41, 5.74) is 4.51. The zero-order valence-corrected chi connectivity index (χ0v) is 12.4. The molecule has 3 heteroatoms. The van der Waals surface area contributed by atoms with Crippen molar-refractivity contribution in [2.75, 3.05) is 5.88 Å². The first-order valence-electron chi connectivity index (χ1n) is 6.38. The largest absolute Gasteiger partial charge is 0.487 e. The zero-order chi connectivity index (χ0) is 14.4. The van der Waals surface area contributed by atoms with Crippen LogP contribution in [0.4, 0.5) is 0 Å². The molecule has 2 nitrogen and oxygen atoms in total. The first-order chi connectivity index (χ1) is 9.69. The van der Waals surface area contributed by atoms with Crippen molar-refractivity contribution in [2.45, 2.75) is 20.5 Å². The topological polar surface area (TPSA) is 22.1 Å². The molecule has 0 aliphatic rings. The van der Waals surface area contributed by atoms with Gasteiger partial charge in [0.15, 0.2) is 0 Å². The number of hydrogen-bond donors (Lipinski definition) is 0. The van der Waals surface area contributed by atoms with Gasteiger partial charge in [-0.25, -0.2) is 0 Å². The van der Waals surface area contributed by atoms with E-state index >= 15 is 0 Å². The third-order valence-electron chi connectivity index (χ3n) is 2.99. The number of alkyl halides is 1. The first kappa shape index (κ1) is 14.4. The van der Waals surface area contributed by atoms with E-state index in [9.17, 15) is 0 Å². The normalized spacial score (nSPS) is 9.75. The average Bonchev–Trinajstić information content (AvgIpc) is 2.47. The highest BCUT2D eigenvalue weighted by Gasteiger charge is 2.00. The van der Waals surface area contributed by atoms with Crippen LogP contribution in [0.25, 0.3) is 0 Å². The maximum absolute atomic E-state index is 5.74. The fourth-order valence-electron chi connectivity index (χ4n) is 1.76. The van der Waals surface area contributed by atoms with E-state index in [1.54, 1.807) is 12.4 Å². The van der Waals surface area contributed by atoms with E-state index < -0.39 is 0 Å². The number of aromatic nitrogens is 1. The van der Waals surface area contributed by atoms with Gasteiger partial charge >= 0.3 is 0 Å². The molecule has 0 spiro atoms. The van der Waals surface area contributed by atoms with Gasteiger partial charge < -0.3 is 4.74 Å². The predicted octanol–water partition coefficient (Wildman–Crippen LogP) is 3.87. The molecule has 0 atom stereocenters. The number of ether oxygens (including phenoxy) is 1. The molecule has 0 N–H and O–H groups in total. The van der Waals surface area contributed by atoms with Crippen molar-refractivity contribution in [2.24, 2.45) is 0 Å². The van der Waals surface area contributed by atoms with E-state index in [1.807, 2.05) is 6.07 Å². The molecule has 102 valence electrons. The second-order valence-electron chi connectivity index (χ2n) is 4.55. The van der Waals surface area contributed by atoms with Crippen molar-refractivity contribution in [3.05, 3.63) is 58.9 Å². The Balaban J connectivity index is 2.05. The second-order valence-corrected chi connectivity index (χ2v) is 4.82. The summed E-state index contributed by atoms with van der Waals surface area (Å²) in [5.74, 6) is 6.75. The second kappa shape index (κ2) is 6.98. The number of halogens is 1. The van der Waals surface area contributed by atoms with E-state index in [-0.39, 0.29) is 0 Å². The summed E-state index contributed by atoms with van der Waals surface area (Å²) in [4.78, 5) is 4.11. The summed E-state index contributed by atoms with van der Waals surface area (Å²) in [7, 11) is 0. The lowest BCUT2D eigenvalue weighted by atomic mass is 10.1. The fourth-order valence-corrected chi connectivity index (χ4v) is 1.83. The summed E-state index contributed by atoms with van der Waals surface area (Å²) < 4.78 is 5.74. The van der Waals surface area contributed by atoms with Gasteiger partial charge in [-0.05, 0) is 36.6 Å². The van der Waals surface area contributed by atoms with Crippen LogP contribution in [-0.2, 0) is 6.61 Å². The lowest BCUT2D eigenvalue weighted by molar-refractivity contribution is 0.305. The minimum Gasteiger partial charge on any atom is -0.487 e. The molecule has 0 fully saturated rings. The summed E-state index contributed by atoms with van der Waals surface area (Å²) >= 11 is 5.53. The Labute approximate surface area is 124 Å². The molecule has 1 aromatic carbocycles. The monoisotopic (exact) mass is 285 g/mol. The van der Waals surface area contributed by atoms with Crippen LogP contribution in [0.3, 0.4) is 0 Å². The van der Waals surface area contributed by atoms with E-state index in [4.69, 9.17) is 16.3 Å². The van der Waals surface area contributed by atoms with E-state index in [2.05, 4.69) is 48.9 Å². The number of benzene rings is 1. The smallest absolute Gasteiger partial charge is 0.139 e. The standard InChI is InChI=1S/C17H16ClNO/c1-13-5-6-16(8-14(13)2)12-20-17-9-15(4-3-7-18)10-19-11-17/h5-6,8-11H,7,12H2,1-2H3. The molecule has 0 amide bonds. The zero-order valence-electron chi connectivity index (χ0n) is 11.6. The highest BCUT2D eigenvalue weighted by Crippen LogP contribution is 2.15. The SMILES string of the molecule is Cc1ccc(COc2cncc(C#CCCl)c2)cc1C. The minimum absolute atomic E-state index is 0.313. The van der Waals surface area contributed by atoms with Crippen molar-refractivity contribution in [3.8, 4) is 17.6 Å². The Kier molecular flexibility index (Phi) is 5.03. The van der Waals surface area contributed by atoms with Crippen LogP contribution >= 0.6 is 11.6 Å². The molecule has 20 heavy (non-hydrogen) atoms. The molecule has 0 unspecified atom stereocenters. The van der Waals surface area contributed by atoms with Gasteiger partial charge in [0.1, 0.15) is 12.4 Å². The van der Waals surface area contributed by atoms with Crippen molar-refractivity contribution in [1.29, 1.82) is 0 Å². The highest BCUT2D eigenvalue weighted by atomic mass is 35.5. The minimum atomic E-state index is 0.313. The van der Waals surface area contributed by atoms with E-state index in [0.29, 0.717) is 18.2 Å². The maximum atomic E-state index is 5.74. The first-order valence-corrected chi connectivity index (χ1v) is 6.91. The summed E-state index contributed by atoms with van der Waals surface area (Å²) in [5, 5.41) is 0. The van der Waals surface area contributed by atoms with Crippen LogP contribution in [0, 0.1) is 25.7 Å². The van der Waals surface area contributed by atoms with Gasteiger partial charge in [0.05, 0.1) is 12.1 Å². The summed E-state index contributed by atoms with van der Waals surface area (Å²) in [6.45, 7) is 4.72. The Hall–Kier alpha value is -1.98. The van der Waals surface area contributed by atoms with Crippen LogP contribution in [0.5, 0.6) is 5.75 Å².